The summed E-state index contributed by atoms with van der Waals surface area (Å²) in [5.41, 5.74) is 2.65. The molecule has 6 heteroatoms. The number of hydrogen-bond donors (Lipinski definition) is 2. The second-order valence-electron chi connectivity index (χ2n) is 5.82. The molecule has 134 valence electrons. The fourth-order valence-electron chi connectivity index (χ4n) is 2.39. The van der Waals surface area contributed by atoms with Gasteiger partial charge in [-0.25, -0.2) is 0 Å². The van der Waals surface area contributed by atoms with Crippen LogP contribution in [0.25, 0.3) is 0 Å². The zero-order chi connectivity index (χ0) is 18.2. The average molecular weight is 362 g/mol. The monoisotopic (exact) mass is 361 g/mol. The molecule has 0 bridgehead atoms. The molecule has 0 unspecified atom stereocenters. The van der Waals surface area contributed by atoms with Crippen LogP contribution in [-0.4, -0.2) is 24.5 Å². The van der Waals surface area contributed by atoms with Crippen LogP contribution in [-0.2, 0) is 0 Å². The highest BCUT2D eigenvalue weighted by Gasteiger charge is 2.13. The largest absolute Gasteiger partial charge is 0.495 e. The van der Waals surface area contributed by atoms with E-state index in [-0.39, 0.29) is 5.91 Å². The third-order valence-corrected chi connectivity index (χ3v) is 4.24. The van der Waals surface area contributed by atoms with Crippen LogP contribution < -0.4 is 15.4 Å². The number of halogens is 1. The minimum absolute atomic E-state index is 0.294. The van der Waals surface area contributed by atoms with Gasteiger partial charge in [0.05, 0.1) is 12.8 Å². The lowest BCUT2D eigenvalue weighted by Gasteiger charge is -2.12. The Morgan fingerprint density at radius 2 is 2.08 bits per heavy atom. The number of nitrogens with one attached hydrogen (secondary N) is 2. The molecule has 0 atom stereocenters. The number of unbranched alkanes of at least 4 members (excludes halogenated alkanes) is 2. The first kappa shape index (κ1) is 19.1. The number of aryl methyl sites for hydroxylation is 1. The number of anilines is 2. The summed E-state index contributed by atoms with van der Waals surface area (Å²) < 4.78 is 5.29. The fraction of sp³-hybridized carbons (Fsp3) is 0.368. The Bertz CT molecular complexity index is 735. The van der Waals surface area contributed by atoms with E-state index in [1.807, 2.05) is 13.0 Å². The lowest BCUT2D eigenvalue weighted by atomic mass is 10.2. The Kier molecular flexibility index (Phi) is 7.07. The maximum absolute atomic E-state index is 12.5. The van der Waals surface area contributed by atoms with Crippen LogP contribution in [0, 0.1) is 6.92 Å². The number of carbonyl (C=O) groups is 1. The van der Waals surface area contributed by atoms with Crippen LogP contribution in [0.2, 0.25) is 5.02 Å². The minimum atomic E-state index is -0.294. The van der Waals surface area contributed by atoms with Crippen LogP contribution in [0.15, 0.2) is 30.5 Å². The molecule has 1 aromatic carbocycles. The third-order valence-electron chi connectivity index (χ3n) is 3.83. The highest BCUT2D eigenvalue weighted by atomic mass is 35.5. The first-order valence-electron chi connectivity index (χ1n) is 8.40. The molecule has 1 heterocycles. The lowest BCUT2D eigenvalue weighted by molar-refractivity contribution is 0.102. The van der Waals surface area contributed by atoms with Crippen molar-refractivity contribution in [2.45, 2.75) is 33.1 Å². The van der Waals surface area contributed by atoms with Gasteiger partial charge in [-0.2, -0.15) is 0 Å². The van der Waals surface area contributed by atoms with Crippen LogP contribution >= 0.6 is 11.6 Å². The molecule has 1 amide bonds. The minimum Gasteiger partial charge on any atom is -0.495 e. The Hall–Kier alpha value is -2.27. The number of benzene rings is 1. The molecular weight excluding hydrogens is 338 g/mol. The fourth-order valence-corrected chi connectivity index (χ4v) is 2.54. The summed E-state index contributed by atoms with van der Waals surface area (Å²) in [5.74, 6) is 0.218. The number of carbonyl (C=O) groups excluding carboxylic acids is 1. The van der Waals surface area contributed by atoms with E-state index in [1.165, 1.54) is 20.0 Å². The van der Waals surface area contributed by atoms with Gasteiger partial charge in [0.2, 0.25) is 0 Å². The zero-order valence-electron chi connectivity index (χ0n) is 14.9. The summed E-state index contributed by atoms with van der Waals surface area (Å²) in [6.45, 7) is 4.92. The van der Waals surface area contributed by atoms with Crippen molar-refractivity contribution in [1.29, 1.82) is 0 Å². The molecule has 0 radical (unpaired) electrons. The Morgan fingerprint density at radius 1 is 1.28 bits per heavy atom. The molecule has 0 aliphatic carbocycles. The second kappa shape index (κ2) is 9.28. The summed E-state index contributed by atoms with van der Waals surface area (Å²) in [5, 5.41) is 6.74. The maximum atomic E-state index is 12.5. The van der Waals surface area contributed by atoms with Crippen molar-refractivity contribution < 1.29 is 9.53 Å². The van der Waals surface area contributed by atoms with Gasteiger partial charge in [0.15, 0.2) is 0 Å². The highest BCUT2D eigenvalue weighted by molar-refractivity contribution is 6.31. The summed E-state index contributed by atoms with van der Waals surface area (Å²) in [7, 11) is 1.54. The van der Waals surface area contributed by atoms with Gasteiger partial charge in [0.25, 0.3) is 5.91 Å². The summed E-state index contributed by atoms with van der Waals surface area (Å²) in [6, 6.07) is 7.07. The average Bonchev–Trinajstić information content (AvgIpc) is 2.62. The molecule has 25 heavy (non-hydrogen) atoms. The predicted octanol–water partition coefficient (Wildman–Crippen LogP) is 4.91. The van der Waals surface area contributed by atoms with Crippen LogP contribution in [0.5, 0.6) is 5.75 Å². The van der Waals surface area contributed by atoms with Gasteiger partial charge < -0.3 is 15.4 Å². The number of methoxy groups -OCH3 is 1. The SMILES string of the molecule is CCCCCNc1ccnc(C(=O)Nc2cc(C)c(Cl)cc2OC)c1. The van der Waals surface area contributed by atoms with Crippen molar-refractivity contribution in [3.8, 4) is 5.75 Å². The Balaban J connectivity index is 2.09. The van der Waals surface area contributed by atoms with Crippen molar-refractivity contribution >= 4 is 28.9 Å². The highest BCUT2D eigenvalue weighted by Crippen LogP contribution is 2.31. The van der Waals surface area contributed by atoms with Gasteiger partial charge >= 0.3 is 0 Å². The molecule has 0 fully saturated rings. The smallest absolute Gasteiger partial charge is 0.274 e. The predicted molar refractivity (Wildman–Crippen MR) is 103 cm³/mol. The number of amides is 1. The number of hydrogen-bond acceptors (Lipinski definition) is 4. The first-order valence-corrected chi connectivity index (χ1v) is 8.78. The van der Waals surface area contributed by atoms with Crippen LogP contribution in [0.4, 0.5) is 11.4 Å². The molecule has 2 N–H and O–H groups in total. The van der Waals surface area contributed by atoms with E-state index in [0.717, 1.165) is 24.2 Å². The van der Waals surface area contributed by atoms with E-state index < -0.39 is 0 Å². The zero-order valence-corrected chi connectivity index (χ0v) is 15.6. The Morgan fingerprint density at radius 3 is 2.80 bits per heavy atom. The van der Waals surface area contributed by atoms with Crippen molar-refractivity contribution in [3.05, 3.63) is 46.7 Å². The molecule has 0 aliphatic heterocycles. The van der Waals surface area contributed by atoms with Gasteiger partial charge in [0.1, 0.15) is 11.4 Å². The lowest BCUT2D eigenvalue weighted by Crippen LogP contribution is -2.15. The number of aromatic nitrogens is 1. The maximum Gasteiger partial charge on any atom is 0.274 e. The molecule has 1 aromatic heterocycles. The molecular formula is C19H24ClN3O2. The van der Waals surface area contributed by atoms with E-state index in [0.29, 0.717) is 22.2 Å². The van der Waals surface area contributed by atoms with E-state index in [9.17, 15) is 4.79 Å². The summed E-state index contributed by atoms with van der Waals surface area (Å²) in [4.78, 5) is 16.7. The molecule has 0 aliphatic rings. The topological polar surface area (TPSA) is 63.2 Å². The van der Waals surface area contributed by atoms with Crippen molar-refractivity contribution in [2.24, 2.45) is 0 Å². The van der Waals surface area contributed by atoms with Gasteiger partial charge in [-0.15, -0.1) is 0 Å². The van der Waals surface area contributed by atoms with Gasteiger partial charge in [-0.1, -0.05) is 31.4 Å². The van der Waals surface area contributed by atoms with E-state index in [1.54, 1.807) is 24.4 Å². The third kappa shape index (κ3) is 5.36. The molecule has 0 spiro atoms. The second-order valence-corrected chi connectivity index (χ2v) is 6.23. The van der Waals surface area contributed by atoms with Gasteiger partial charge in [0, 0.05) is 29.5 Å². The normalized spacial score (nSPS) is 10.4. The van der Waals surface area contributed by atoms with Crippen molar-refractivity contribution in [3.63, 3.8) is 0 Å². The summed E-state index contributed by atoms with van der Waals surface area (Å²) in [6.07, 6.45) is 5.08. The van der Waals surface area contributed by atoms with E-state index >= 15 is 0 Å². The molecule has 0 saturated carbocycles. The number of pyridine rings is 1. The molecule has 5 nitrogen and oxygen atoms in total. The standard InChI is InChI=1S/C19H24ClN3O2/c1-4-5-6-8-21-14-7-9-22-17(11-14)19(24)23-16-10-13(2)15(20)12-18(16)25-3/h7,9-12H,4-6,8H2,1-3H3,(H,21,22)(H,23,24). The number of nitrogens with zero attached hydrogens (tertiary/aromatic N) is 1. The van der Waals surface area contributed by atoms with E-state index in [4.69, 9.17) is 16.3 Å². The van der Waals surface area contributed by atoms with Gasteiger partial charge in [-0.3, -0.25) is 9.78 Å². The van der Waals surface area contributed by atoms with Gasteiger partial charge in [-0.05, 0) is 37.1 Å². The number of ether oxygens (including phenoxy) is 1. The molecule has 0 saturated heterocycles. The van der Waals surface area contributed by atoms with Crippen LogP contribution in [0.1, 0.15) is 42.2 Å². The molecule has 2 aromatic rings. The van der Waals surface area contributed by atoms with E-state index in [2.05, 4.69) is 22.5 Å². The first-order chi connectivity index (χ1) is 12.0. The Labute approximate surface area is 153 Å². The van der Waals surface area contributed by atoms with Crippen LogP contribution in [0.3, 0.4) is 0 Å². The quantitative estimate of drug-likeness (QED) is 0.656. The van der Waals surface area contributed by atoms with Crippen molar-refractivity contribution in [1.82, 2.24) is 4.98 Å². The molecule has 2 rings (SSSR count). The summed E-state index contributed by atoms with van der Waals surface area (Å²) >= 11 is 6.10. The number of rotatable bonds is 8. The van der Waals surface area contributed by atoms with Crippen molar-refractivity contribution in [2.75, 3.05) is 24.3 Å².